The molecule has 2 aromatic rings. The number of aliphatic hydroxyl groups is 1. The van der Waals surface area contributed by atoms with Crippen molar-refractivity contribution < 1.29 is 33.6 Å². The Labute approximate surface area is 225 Å². The quantitative estimate of drug-likeness (QED) is 0.138. The van der Waals surface area contributed by atoms with E-state index in [1.807, 2.05) is 13.8 Å². The van der Waals surface area contributed by atoms with Crippen LogP contribution >= 0.6 is 11.6 Å². The number of ether oxygens (including phenoxy) is 4. The van der Waals surface area contributed by atoms with E-state index in [1.54, 1.807) is 43.3 Å². The Morgan fingerprint density at radius 2 is 1.84 bits per heavy atom. The first-order chi connectivity index (χ1) is 18.3. The van der Waals surface area contributed by atoms with E-state index in [9.17, 15) is 14.7 Å². The van der Waals surface area contributed by atoms with Crippen LogP contribution in [0.3, 0.4) is 0 Å². The molecule has 0 aromatic heterocycles. The highest BCUT2D eigenvalue weighted by molar-refractivity contribution is 6.30. The van der Waals surface area contributed by atoms with Crippen molar-refractivity contribution in [2.75, 3.05) is 26.9 Å². The average Bonchev–Trinajstić information content (AvgIpc) is 2.89. The van der Waals surface area contributed by atoms with E-state index < -0.39 is 24.3 Å². The fraction of sp³-hybridized carbons (Fsp3) is 0.346. The number of nitrogens with zero attached hydrogens (tertiary/aromatic N) is 1. The fourth-order valence-electron chi connectivity index (χ4n) is 3.72. The number of methoxy groups -OCH3 is 1. The van der Waals surface area contributed by atoms with Crippen molar-refractivity contribution in [1.29, 1.82) is 0 Å². The lowest BCUT2D eigenvalue weighted by Gasteiger charge is -2.28. The lowest BCUT2D eigenvalue weighted by atomic mass is 9.95. The van der Waals surface area contributed by atoms with Crippen LogP contribution in [-0.2, 0) is 9.53 Å². The van der Waals surface area contributed by atoms with Crippen molar-refractivity contribution in [2.24, 2.45) is 5.10 Å². The number of aliphatic hydroxyl groups excluding tert-OH is 1. The third-order valence-corrected chi connectivity index (χ3v) is 5.61. The molecule has 4 N–H and O–H groups in total. The highest BCUT2D eigenvalue weighted by Gasteiger charge is 2.32. The van der Waals surface area contributed by atoms with Gasteiger partial charge in [-0.05, 0) is 56.7 Å². The molecule has 0 saturated carbocycles. The number of benzene rings is 2. The first-order valence-corrected chi connectivity index (χ1v) is 12.3. The summed E-state index contributed by atoms with van der Waals surface area (Å²) in [7, 11) is 1.27. The van der Waals surface area contributed by atoms with Crippen LogP contribution in [0.1, 0.15) is 37.9 Å². The molecule has 0 radical (unpaired) electrons. The first-order valence-electron chi connectivity index (χ1n) is 11.9. The lowest BCUT2D eigenvalue weighted by molar-refractivity contribution is -0.136. The summed E-state index contributed by atoms with van der Waals surface area (Å²) in [6.45, 7) is 5.97. The maximum absolute atomic E-state index is 12.4. The van der Waals surface area contributed by atoms with Crippen molar-refractivity contribution in [3.63, 3.8) is 0 Å². The highest BCUT2D eigenvalue weighted by atomic mass is 35.5. The van der Waals surface area contributed by atoms with Gasteiger partial charge in [0.15, 0.2) is 17.7 Å². The minimum absolute atomic E-state index is 0.152. The number of urea groups is 1. The normalized spacial score (nSPS) is 15.9. The molecule has 12 heteroatoms. The number of hydrogen-bond acceptors (Lipinski definition) is 9. The number of nitrogens with one attached hydrogen (secondary N) is 3. The number of hydrogen-bond donors (Lipinski definition) is 4. The molecule has 3 rings (SSSR count). The third kappa shape index (κ3) is 7.30. The van der Waals surface area contributed by atoms with Crippen LogP contribution in [0.25, 0.3) is 0 Å². The lowest BCUT2D eigenvalue weighted by Crippen LogP contribution is -2.45. The van der Waals surface area contributed by atoms with Crippen LogP contribution in [-0.4, -0.2) is 56.5 Å². The van der Waals surface area contributed by atoms with Crippen LogP contribution in [0.5, 0.6) is 17.2 Å². The van der Waals surface area contributed by atoms with Gasteiger partial charge >= 0.3 is 12.0 Å². The van der Waals surface area contributed by atoms with E-state index in [0.717, 1.165) is 0 Å². The second-order valence-electron chi connectivity index (χ2n) is 8.03. The summed E-state index contributed by atoms with van der Waals surface area (Å²) in [6, 6.07) is 8.95. The molecule has 0 bridgehead atoms. The van der Waals surface area contributed by atoms with Crippen LogP contribution in [0.4, 0.5) is 4.79 Å². The third-order valence-electron chi connectivity index (χ3n) is 5.37. The first kappa shape index (κ1) is 28.6. The van der Waals surface area contributed by atoms with Crippen molar-refractivity contribution in [3.05, 3.63) is 63.8 Å². The SMILES string of the molecule is CCOc1ccc(Cl)cc1/C=N/N[C@@H](O)COc1ccc([C@@H]2NC(=O)NC(C)=C2C(=O)OC)cc1OCC. The van der Waals surface area contributed by atoms with Crippen LogP contribution in [0.15, 0.2) is 52.8 Å². The molecule has 2 aromatic carbocycles. The molecule has 38 heavy (non-hydrogen) atoms. The second kappa shape index (κ2) is 13.5. The van der Waals surface area contributed by atoms with E-state index in [0.29, 0.717) is 52.3 Å². The molecule has 1 aliphatic heterocycles. The predicted octanol–water partition coefficient (Wildman–Crippen LogP) is 3.26. The van der Waals surface area contributed by atoms with Crippen molar-refractivity contribution in [1.82, 2.24) is 16.1 Å². The van der Waals surface area contributed by atoms with Gasteiger partial charge in [-0.2, -0.15) is 5.10 Å². The maximum atomic E-state index is 12.4. The molecule has 0 fully saturated rings. The van der Waals surface area contributed by atoms with E-state index in [1.165, 1.54) is 13.3 Å². The van der Waals surface area contributed by atoms with Crippen LogP contribution in [0, 0.1) is 0 Å². The minimum atomic E-state index is -1.14. The number of carbonyl (C=O) groups is 2. The summed E-state index contributed by atoms with van der Waals surface area (Å²) in [5.74, 6) is 0.768. The Kier molecular flexibility index (Phi) is 10.2. The van der Waals surface area contributed by atoms with Crippen LogP contribution < -0.4 is 30.3 Å². The standard InChI is InChI=1S/C26H31ClN4O7/c1-5-36-19-10-8-18(27)11-17(19)13-28-31-22(32)14-38-20-9-7-16(12-21(20)37-6-2)24-23(25(33)35-4)15(3)29-26(34)30-24/h7-13,22,24,31-32H,5-6,14H2,1-4H3,(H2,29,30,34)/b28-13+/t22-,24-/m0/s1. The molecule has 204 valence electrons. The largest absolute Gasteiger partial charge is 0.493 e. The van der Waals surface area contributed by atoms with Gasteiger partial charge in [-0.25, -0.2) is 9.59 Å². The van der Waals surface area contributed by atoms with Gasteiger partial charge in [-0.15, -0.1) is 0 Å². The zero-order chi connectivity index (χ0) is 27.7. The Morgan fingerprint density at radius 1 is 1.13 bits per heavy atom. The zero-order valence-corrected chi connectivity index (χ0v) is 22.3. The highest BCUT2D eigenvalue weighted by Crippen LogP contribution is 2.35. The number of hydrazone groups is 1. The topological polar surface area (TPSA) is 140 Å². The van der Waals surface area contributed by atoms with E-state index >= 15 is 0 Å². The molecule has 1 aliphatic rings. The number of amides is 2. The van der Waals surface area contributed by atoms with Gasteiger partial charge in [-0.1, -0.05) is 17.7 Å². The molecule has 11 nitrogen and oxygen atoms in total. The molecule has 0 spiro atoms. The summed E-state index contributed by atoms with van der Waals surface area (Å²) in [4.78, 5) is 24.5. The zero-order valence-electron chi connectivity index (χ0n) is 21.5. The number of esters is 1. The number of rotatable bonds is 12. The van der Waals surface area contributed by atoms with E-state index in [4.69, 9.17) is 30.5 Å². The number of halogens is 1. The number of allylic oxidation sites excluding steroid dienone is 1. The minimum Gasteiger partial charge on any atom is -0.493 e. The second-order valence-corrected chi connectivity index (χ2v) is 8.47. The van der Waals surface area contributed by atoms with Gasteiger partial charge in [0, 0.05) is 16.3 Å². The monoisotopic (exact) mass is 546 g/mol. The van der Waals surface area contributed by atoms with Gasteiger partial charge in [0.1, 0.15) is 12.4 Å². The summed E-state index contributed by atoms with van der Waals surface area (Å²) < 4.78 is 21.9. The average molecular weight is 547 g/mol. The smallest absolute Gasteiger partial charge is 0.337 e. The Hall–Kier alpha value is -3.96. The Morgan fingerprint density at radius 3 is 2.55 bits per heavy atom. The van der Waals surface area contributed by atoms with Crippen molar-refractivity contribution in [3.8, 4) is 17.2 Å². The molecule has 2 atom stereocenters. The van der Waals surface area contributed by atoms with Crippen LogP contribution in [0.2, 0.25) is 5.02 Å². The van der Waals surface area contributed by atoms with Gasteiger partial charge < -0.3 is 34.7 Å². The molecule has 2 amide bonds. The molecular formula is C26H31ClN4O7. The maximum Gasteiger partial charge on any atom is 0.337 e. The summed E-state index contributed by atoms with van der Waals surface area (Å²) >= 11 is 6.05. The molecular weight excluding hydrogens is 516 g/mol. The number of carbonyl (C=O) groups excluding carboxylic acids is 2. The summed E-state index contributed by atoms with van der Waals surface area (Å²) in [6.07, 6.45) is 0.345. The molecule has 0 aliphatic carbocycles. The van der Waals surface area contributed by atoms with E-state index in [-0.39, 0.29) is 12.2 Å². The Balaban J connectivity index is 1.71. The molecule has 1 heterocycles. The Bertz CT molecular complexity index is 1220. The molecule has 0 saturated heterocycles. The summed E-state index contributed by atoms with van der Waals surface area (Å²) in [5.41, 5.74) is 4.49. The van der Waals surface area contributed by atoms with Gasteiger partial charge in [0.05, 0.1) is 38.2 Å². The fourth-order valence-corrected chi connectivity index (χ4v) is 3.90. The van der Waals surface area contributed by atoms with Gasteiger partial charge in [0.2, 0.25) is 0 Å². The van der Waals surface area contributed by atoms with E-state index in [2.05, 4.69) is 21.2 Å². The van der Waals surface area contributed by atoms with Crippen molar-refractivity contribution in [2.45, 2.75) is 33.0 Å². The predicted molar refractivity (Wildman–Crippen MR) is 142 cm³/mol. The van der Waals surface area contributed by atoms with Gasteiger partial charge in [0.25, 0.3) is 0 Å². The molecule has 0 unspecified atom stereocenters. The van der Waals surface area contributed by atoms with Gasteiger partial charge in [-0.3, -0.25) is 5.43 Å². The summed E-state index contributed by atoms with van der Waals surface area (Å²) in [5, 5.41) is 20.2. The van der Waals surface area contributed by atoms with Crippen molar-refractivity contribution >= 4 is 29.8 Å².